The number of allylic oxidation sites excluding steroid dienone is 1. The van der Waals surface area contributed by atoms with Crippen LogP contribution in [0.25, 0.3) is 0 Å². The Kier molecular flexibility index (Phi) is 7.82. The van der Waals surface area contributed by atoms with Crippen molar-refractivity contribution < 1.29 is 19.1 Å². The van der Waals surface area contributed by atoms with Gasteiger partial charge in [0, 0.05) is 0 Å². The average molecular weight is 550 g/mol. The molecule has 1 atom stereocenters. The molecule has 1 unspecified atom stereocenters. The van der Waals surface area contributed by atoms with Gasteiger partial charge in [0.05, 0.1) is 0 Å². The van der Waals surface area contributed by atoms with Crippen molar-refractivity contribution in [3.05, 3.63) is 71.2 Å². The van der Waals surface area contributed by atoms with E-state index in [1.165, 1.54) is 28.7 Å². The van der Waals surface area contributed by atoms with Gasteiger partial charge in [-0.15, -0.1) is 0 Å². The topological polar surface area (TPSA) is 52.6 Å². The van der Waals surface area contributed by atoms with Gasteiger partial charge in [0.2, 0.25) is 0 Å². The Morgan fingerprint density at radius 3 is 1.97 bits per heavy atom. The van der Waals surface area contributed by atoms with Crippen LogP contribution in [0.15, 0.2) is 71.2 Å². The summed E-state index contributed by atoms with van der Waals surface area (Å²) in [5.74, 6) is -0.901. The van der Waals surface area contributed by atoms with Gasteiger partial charge in [-0.2, -0.15) is 0 Å². The van der Waals surface area contributed by atoms with Crippen LogP contribution >= 0.6 is 0 Å². The summed E-state index contributed by atoms with van der Waals surface area (Å²) < 4.78 is 12.7. The molecule has 0 bridgehead atoms. The first-order valence-electron chi connectivity index (χ1n) is 10.1. The number of rotatable bonds is 7. The zero-order valence-corrected chi connectivity index (χ0v) is 21.7. The van der Waals surface area contributed by atoms with E-state index in [9.17, 15) is 9.59 Å². The molecule has 2 aromatic rings. The van der Waals surface area contributed by atoms with Gasteiger partial charge in [-0.25, -0.2) is 0 Å². The van der Waals surface area contributed by atoms with Crippen LogP contribution in [0.5, 0.6) is 0 Å². The van der Waals surface area contributed by atoms with Gasteiger partial charge in [-0.1, -0.05) is 0 Å². The van der Waals surface area contributed by atoms with Crippen LogP contribution in [0.3, 0.4) is 0 Å². The van der Waals surface area contributed by atoms with Crippen molar-refractivity contribution in [2.24, 2.45) is 11.3 Å². The molecule has 6 heteroatoms. The fourth-order valence-corrected chi connectivity index (χ4v) is 8.59. The molecule has 2 aromatic carbocycles. The Labute approximate surface area is 197 Å². The van der Waals surface area contributed by atoms with Crippen LogP contribution in [0.2, 0.25) is 4.31 Å². The van der Waals surface area contributed by atoms with Crippen LogP contribution in [0, 0.1) is 11.3 Å². The Morgan fingerprint density at radius 2 is 1.45 bits per heavy atom. The maximum atomic E-state index is 12.8. The number of methoxy groups -OCH3 is 2. The second-order valence-electron chi connectivity index (χ2n) is 8.14. The molecule has 0 saturated heterocycles. The Bertz CT molecular complexity index is 923. The first-order chi connectivity index (χ1) is 14.8. The van der Waals surface area contributed by atoms with E-state index in [1.807, 2.05) is 24.3 Å². The third-order valence-corrected chi connectivity index (χ3v) is 10.5. The monoisotopic (exact) mass is 552 g/mol. The van der Waals surface area contributed by atoms with Crippen molar-refractivity contribution in [2.75, 3.05) is 14.2 Å². The summed E-state index contributed by atoms with van der Waals surface area (Å²) >= 11 is 0.285. The minimum absolute atomic E-state index is 0.0866. The van der Waals surface area contributed by atoms with Crippen LogP contribution in [0.4, 0.5) is 0 Å². The van der Waals surface area contributed by atoms with Gasteiger partial charge in [0.15, 0.2) is 0 Å². The van der Waals surface area contributed by atoms with E-state index in [0.717, 1.165) is 0 Å². The number of hydrogen-bond acceptors (Lipinski definition) is 4. The molecule has 1 aliphatic rings. The second kappa shape index (κ2) is 10.2. The van der Waals surface area contributed by atoms with E-state index in [1.54, 1.807) is 0 Å². The summed E-state index contributed by atoms with van der Waals surface area (Å²) in [6, 6.07) is 20.8. The summed E-state index contributed by atoms with van der Waals surface area (Å²) in [5.41, 5.74) is -0.0981. The number of hydrogen-bond donors (Lipinski definition) is 0. The van der Waals surface area contributed by atoms with Gasteiger partial charge in [0.1, 0.15) is 0 Å². The van der Waals surface area contributed by atoms with Gasteiger partial charge in [-0.3, -0.25) is 0 Å². The van der Waals surface area contributed by atoms with Gasteiger partial charge >= 0.3 is 198 Å². The summed E-state index contributed by atoms with van der Waals surface area (Å²) in [4.78, 5) is 28.0. The molecule has 0 aromatic heterocycles. The van der Waals surface area contributed by atoms with Crippen LogP contribution < -0.4 is 8.92 Å². The first-order valence-corrected chi connectivity index (χ1v) is 13.7. The zero-order valence-electron chi connectivity index (χ0n) is 18.3. The standard InChI is InChI=1S/C25H28O4Se2/c1-24(2,31-20-13-9-6-10-14-20)21-16-25(22(26)28-3,23(27)29-4)15-18(21)17-30-19-11-7-5-8-12-19/h5-14,17,21H,15-16H2,1-4H3/b18-17+. The number of esters is 2. The second-order valence-corrected chi connectivity index (χ2v) is 13.7. The Morgan fingerprint density at radius 1 is 0.935 bits per heavy atom. The molecular formula is C25H28O4Se2. The third-order valence-electron chi connectivity index (χ3n) is 5.71. The fraction of sp³-hybridized carbons (Fsp3) is 0.360. The molecule has 0 aliphatic heterocycles. The molecule has 0 heterocycles. The van der Waals surface area contributed by atoms with Gasteiger partial charge in [0.25, 0.3) is 0 Å². The summed E-state index contributed by atoms with van der Waals surface area (Å²) in [7, 11) is 2.69. The molecule has 4 nitrogen and oxygen atoms in total. The van der Waals surface area contributed by atoms with E-state index < -0.39 is 17.4 Å². The van der Waals surface area contributed by atoms with E-state index in [2.05, 4.69) is 55.2 Å². The van der Waals surface area contributed by atoms with Crippen molar-refractivity contribution >= 4 is 50.8 Å². The molecule has 0 N–H and O–H groups in total. The third kappa shape index (κ3) is 5.32. The summed E-state index contributed by atoms with van der Waals surface area (Å²) in [5, 5.41) is 0. The van der Waals surface area contributed by atoms with Gasteiger partial charge in [-0.05, 0) is 0 Å². The maximum absolute atomic E-state index is 12.8. The number of carbonyl (C=O) groups is 2. The quantitative estimate of drug-likeness (QED) is 0.303. The molecule has 164 valence electrons. The molecule has 0 radical (unpaired) electrons. The van der Waals surface area contributed by atoms with Crippen molar-refractivity contribution in [3.8, 4) is 0 Å². The van der Waals surface area contributed by atoms with Crippen molar-refractivity contribution in [2.45, 2.75) is 31.0 Å². The predicted octanol–water partition coefficient (Wildman–Crippen LogP) is 2.87. The number of ether oxygens (including phenoxy) is 2. The SMILES string of the molecule is COC(=O)C1(C(=O)OC)C/C(=C\[Se]c2ccccc2)C(C(C)(C)[Se]c2ccccc2)C1. The molecular weight excluding hydrogens is 522 g/mol. The fourth-order valence-electron chi connectivity index (χ4n) is 4.13. The summed E-state index contributed by atoms with van der Waals surface area (Å²) in [6.45, 7) is 4.50. The molecule has 0 spiro atoms. The van der Waals surface area contributed by atoms with Crippen LogP contribution in [0.1, 0.15) is 26.7 Å². The average Bonchev–Trinajstić information content (AvgIpc) is 3.19. The van der Waals surface area contributed by atoms with Crippen molar-refractivity contribution in [1.82, 2.24) is 0 Å². The van der Waals surface area contributed by atoms with Crippen LogP contribution in [-0.2, 0) is 19.1 Å². The zero-order chi connectivity index (χ0) is 22.5. The van der Waals surface area contributed by atoms with E-state index >= 15 is 0 Å². The summed E-state index contributed by atoms with van der Waals surface area (Å²) in [6.07, 6.45) is 0.782. The first kappa shape index (κ1) is 23.8. The Balaban J connectivity index is 1.99. The molecule has 31 heavy (non-hydrogen) atoms. The van der Waals surface area contributed by atoms with Gasteiger partial charge < -0.3 is 0 Å². The molecule has 0 amide bonds. The molecule has 1 fully saturated rings. The molecule has 3 rings (SSSR count). The van der Waals surface area contributed by atoms with E-state index in [0.29, 0.717) is 12.8 Å². The minimum atomic E-state index is -1.27. The predicted molar refractivity (Wildman–Crippen MR) is 125 cm³/mol. The molecule has 1 aliphatic carbocycles. The van der Waals surface area contributed by atoms with Crippen molar-refractivity contribution in [1.29, 1.82) is 0 Å². The number of benzene rings is 2. The van der Waals surface area contributed by atoms with Crippen LogP contribution in [-0.4, -0.2) is 56.1 Å². The van der Waals surface area contributed by atoms with E-state index in [-0.39, 0.29) is 40.1 Å². The Hall–Kier alpha value is -1.84. The number of carbonyl (C=O) groups excluding carboxylic acids is 2. The normalized spacial score (nSPS) is 19.2. The molecule has 1 saturated carbocycles. The van der Waals surface area contributed by atoms with E-state index in [4.69, 9.17) is 9.47 Å². The van der Waals surface area contributed by atoms with Crippen molar-refractivity contribution in [3.63, 3.8) is 0 Å².